The molecule has 2 heterocycles. The van der Waals surface area contributed by atoms with E-state index in [0.717, 1.165) is 35.8 Å². The maximum absolute atomic E-state index is 11.8. The van der Waals surface area contributed by atoms with E-state index < -0.39 is 16.7 Å². The Morgan fingerprint density at radius 3 is 1.73 bits per heavy atom. The van der Waals surface area contributed by atoms with Crippen LogP contribution in [0.25, 0.3) is 20.2 Å². The molecule has 18 heteroatoms. The van der Waals surface area contributed by atoms with Gasteiger partial charge in [-0.15, -0.1) is 27.6 Å². The van der Waals surface area contributed by atoms with Crippen LogP contribution in [0.4, 0.5) is 15.7 Å². The molecule has 44 heavy (non-hydrogen) atoms. The SMILES string of the molecule is NC(=O)c1c(NC(=O)C2CC2)sc2ccc([N+](=O)[O-])cc12.NC(=O)c1c(NC(=O)C2CC2)sc2ccccc12.O=NO[O-].[Na+]. The van der Waals surface area contributed by atoms with Crippen LogP contribution in [-0.2, 0) is 14.6 Å². The zero-order chi connectivity index (χ0) is 31.3. The predicted molar refractivity (Wildman–Crippen MR) is 157 cm³/mol. The average Bonchev–Trinajstić information content (AvgIpc) is 3.90. The number of amides is 4. The molecule has 6 rings (SSSR count). The summed E-state index contributed by atoms with van der Waals surface area (Å²) in [5, 5.41) is 28.2. The van der Waals surface area contributed by atoms with E-state index in [4.69, 9.17) is 21.6 Å². The summed E-state index contributed by atoms with van der Waals surface area (Å²) in [5.41, 5.74) is 11.2. The topological polar surface area (TPSA) is 249 Å². The van der Waals surface area contributed by atoms with Gasteiger partial charge in [0.15, 0.2) is 0 Å². The van der Waals surface area contributed by atoms with Crippen LogP contribution < -0.4 is 56.9 Å². The summed E-state index contributed by atoms with van der Waals surface area (Å²) in [7, 11) is 0. The van der Waals surface area contributed by atoms with E-state index in [2.05, 4.69) is 15.6 Å². The number of anilines is 2. The number of nitro groups is 1. The first-order valence-electron chi connectivity index (χ1n) is 12.6. The minimum Gasteiger partial charge on any atom is -0.635 e. The number of nitrogens with two attached hydrogens (primary N) is 2. The molecule has 2 fully saturated rings. The van der Waals surface area contributed by atoms with Gasteiger partial charge in [0.2, 0.25) is 11.8 Å². The van der Waals surface area contributed by atoms with Crippen molar-refractivity contribution in [3.8, 4) is 0 Å². The molecule has 224 valence electrons. The first-order chi connectivity index (χ1) is 20.5. The van der Waals surface area contributed by atoms with Crippen LogP contribution >= 0.6 is 22.7 Å². The van der Waals surface area contributed by atoms with Gasteiger partial charge >= 0.3 is 29.6 Å². The Bertz CT molecular complexity index is 1750. The molecule has 2 aromatic carbocycles. The average molecular weight is 651 g/mol. The number of thiophene rings is 2. The molecule has 15 nitrogen and oxygen atoms in total. The minimum absolute atomic E-state index is 0. The largest absolute Gasteiger partial charge is 1.00 e. The number of carbonyl (C=O) groups excluding carboxylic acids is 4. The first-order valence-corrected chi connectivity index (χ1v) is 14.2. The van der Waals surface area contributed by atoms with E-state index in [1.54, 1.807) is 6.07 Å². The van der Waals surface area contributed by atoms with Crippen LogP contribution in [-0.4, -0.2) is 28.6 Å². The number of benzene rings is 2. The van der Waals surface area contributed by atoms with Gasteiger partial charge in [-0.1, -0.05) is 18.2 Å². The number of primary amides is 2. The zero-order valence-electron chi connectivity index (χ0n) is 23.1. The van der Waals surface area contributed by atoms with Crippen LogP contribution in [0.3, 0.4) is 0 Å². The summed E-state index contributed by atoms with van der Waals surface area (Å²) in [4.78, 5) is 67.8. The molecule has 0 unspecified atom stereocenters. The number of rotatable bonds is 8. The van der Waals surface area contributed by atoms with Gasteiger partial charge in [0, 0.05) is 44.1 Å². The Labute approximate surface area is 278 Å². The fourth-order valence-electron chi connectivity index (χ4n) is 4.03. The van der Waals surface area contributed by atoms with Gasteiger partial charge in [-0.05, 0) is 37.8 Å². The van der Waals surface area contributed by atoms with Crippen molar-refractivity contribution in [3.05, 3.63) is 68.6 Å². The first kappa shape index (κ1) is 34.5. The van der Waals surface area contributed by atoms with E-state index in [-0.39, 0.29) is 64.5 Å². The Morgan fingerprint density at radius 2 is 1.30 bits per heavy atom. The Morgan fingerprint density at radius 1 is 0.841 bits per heavy atom. The standard InChI is InChI=1S/C13H11N3O4S.C13H12N2O2S.HNO3.Na/c14-11(17)10-8-5-7(16(19)20)3-4-9(8)21-13(10)15-12(18)6-1-2-6;14-11(16)10-8-3-1-2-4-9(8)18-13(10)15-12(17)7-5-6-7;2-1-4-3;/h3-6H,1-2H2,(H2,14,17)(H,15,18);1-4,7H,5-6H2,(H2,14,16)(H,15,17);3H;/q;;;+1/p-1. The number of nitrogens with zero attached hydrogens (tertiary/aromatic N) is 2. The minimum atomic E-state index is -0.715. The van der Waals surface area contributed by atoms with Gasteiger partial charge in [0.25, 0.3) is 17.5 Å². The third-order valence-corrected chi connectivity index (χ3v) is 8.54. The number of hydrogen-bond acceptors (Lipinski definition) is 12. The van der Waals surface area contributed by atoms with Crippen molar-refractivity contribution in [1.29, 1.82) is 0 Å². The van der Waals surface area contributed by atoms with Gasteiger partial charge in [-0.2, -0.15) is 0 Å². The second kappa shape index (κ2) is 15.1. The smallest absolute Gasteiger partial charge is 0.635 e. The molecule has 2 saturated carbocycles. The van der Waals surface area contributed by atoms with E-state index in [1.807, 2.05) is 24.3 Å². The second-order valence-electron chi connectivity index (χ2n) is 9.45. The van der Waals surface area contributed by atoms with Crippen molar-refractivity contribution in [1.82, 2.24) is 0 Å². The zero-order valence-corrected chi connectivity index (χ0v) is 26.7. The number of nitrogens with one attached hydrogen (secondary N) is 2. The Hall–Kier alpha value is -4.00. The van der Waals surface area contributed by atoms with E-state index >= 15 is 0 Å². The van der Waals surface area contributed by atoms with Crippen LogP contribution in [0.2, 0.25) is 0 Å². The molecule has 0 saturated heterocycles. The molecule has 0 bridgehead atoms. The molecule has 0 spiro atoms. The molecule has 6 N–H and O–H groups in total. The van der Waals surface area contributed by atoms with Crippen molar-refractivity contribution < 1.29 is 63.9 Å². The van der Waals surface area contributed by atoms with Gasteiger partial charge in [0.1, 0.15) is 15.3 Å². The molecule has 4 amide bonds. The summed E-state index contributed by atoms with van der Waals surface area (Å²) in [5.74, 6) is -1.27. The van der Waals surface area contributed by atoms with Crippen LogP contribution in [0.1, 0.15) is 46.4 Å². The normalized spacial score (nSPS) is 13.2. The van der Waals surface area contributed by atoms with Gasteiger partial charge in [-0.25, -0.2) is 0 Å². The molecule has 2 aliphatic carbocycles. The monoisotopic (exact) mass is 650 g/mol. The fraction of sp³-hybridized carbons (Fsp3) is 0.231. The quantitative estimate of drug-likeness (QED) is 0.0683. The summed E-state index contributed by atoms with van der Waals surface area (Å²) >= 11 is 2.58. The number of nitro benzene ring substituents is 1. The molecule has 0 atom stereocenters. The van der Waals surface area contributed by atoms with E-state index in [1.165, 1.54) is 40.1 Å². The van der Waals surface area contributed by atoms with Gasteiger partial charge in [-0.3, -0.25) is 29.3 Å². The maximum atomic E-state index is 11.8. The van der Waals surface area contributed by atoms with Crippen molar-refractivity contribution in [2.75, 3.05) is 10.6 Å². The summed E-state index contributed by atoms with van der Waals surface area (Å²) in [6.07, 6.45) is 3.55. The third-order valence-electron chi connectivity index (χ3n) is 6.37. The predicted octanol–water partition coefficient (Wildman–Crippen LogP) is 0.569. The molecule has 2 aromatic heterocycles. The van der Waals surface area contributed by atoms with Crippen molar-refractivity contribution >= 4 is 82.2 Å². The molecular weight excluding hydrogens is 627 g/mol. The molecule has 2 aliphatic rings. The summed E-state index contributed by atoms with van der Waals surface area (Å²) in [6, 6.07) is 11.7. The second-order valence-corrected chi connectivity index (χ2v) is 11.6. The van der Waals surface area contributed by atoms with E-state index in [0.29, 0.717) is 25.7 Å². The van der Waals surface area contributed by atoms with Crippen molar-refractivity contribution in [2.45, 2.75) is 25.7 Å². The number of non-ortho nitro benzene ring substituents is 1. The van der Waals surface area contributed by atoms with Crippen LogP contribution in [0.15, 0.2) is 47.8 Å². The summed E-state index contributed by atoms with van der Waals surface area (Å²) < 4.78 is 1.62. The number of carbonyl (C=O) groups is 4. The molecular formula is C26H23N6NaO9S2. The van der Waals surface area contributed by atoms with Crippen LogP contribution in [0, 0.1) is 26.9 Å². The number of fused-ring (bicyclic) bond motifs is 2. The third kappa shape index (κ3) is 8.34. The van der Waals surface area contributed by atoms with Crippen molar-refractivity contribution in [3.63, 3.8) is 0 Å². The van der Waals surface area contributed by atoms with Crippen LogP contribution in [0.5, 0.6) is 0 Å². The van der Waals surface area contributed by atoms with Gasteiger partial charge < -0.3 is 32.3 Å². The molecule has 0 radical (unpaired) electrons. The fourth-order valence-corrected chi connectivity index (χ4v) is 6.23. The van der Waals surface area contributed by atoms with Crippen molar-refractivity contribution in [2.24, 2.45) is 28.6 Å². The molecule has 4 aromatic rings. The Balaban J connectivity index is 0.000000212. The number of hydrogen-bond donors (Lipinski definition) is 4. The van der Waals surface area contributed by atoms with E-state index in [9.17, 15) is 29.3 Å². The molecule has 0 aliphatic heterocycles. The summed E-state index contributed by atoms with van der Waals surface area (Å²) in [6.45, 7) is 0. The maximum Gasteiger partial charge on any atom is 1.00 e. The Kier molecular flexibility index (Phi) is 11.9. The van der Waals surface area contributed by atoms with Gasteiger partial charge in [0.05, 0.1) is 16.1 Å².